The molecule has 0 amide bonds. The Kier molecular flexibility index (Phi) is 4.64. The minimum atomic E-state index is -0.698. The van der Waals surface area contributed by atoms with Gasteiger partial charge in [0.1, 0.15) is 0 Å². The Bertz CT molecular complexity index is 405. The van der Waals surface area contributed by atoms with E-state index in [-0.39, 0.29) is 6.42 Å². The second-order valence-corrected chi connectivity index (χ2v) is 5.67. The highest BCUT2D eigenvalue weighted by molar-refractivity contribution is 9.10. The Morgan fingerprint density at radius 1 is 1.33 bits per heavy atom. The smallest absolute Gasteiger partial charge is 0.303 e. The maximum absolute atomic E-state index is 10.7. The SMILES string of the molecule is O=C(O)CCC1CCCCN1c1ccc(Br)cc1. The van der Waals surface area contributed by atoms with Gasteiger partial charge in [-0.3, -0.25) is 4.79 Å². The van der Waals surface area contributed by atoms with E-state index >= 15 is 0 Å². The van der Waals surface area contributed by atoms with Gasteiger partial charge in [0.15, 0.2) is 0 Å². The fourth-order valence-corrected chi connectivity index (χ4v) is 2.83. The first-order valence-corrected chi connectivity index (χ1v) is 7.20. The number of halogens is 1. The lowest BCUT2D eigenvalue weighted by molar-refractivity contribution is -0.137. The normalized spacial score (nSPS) is 19.8. The largest absolute Gasteiger partial charge is 0.481 e. The number of carboxylic acid groups (broad SMARTS) is 1. The van der Waals surface area contributed by atoms with Crippen LogP contribution in [0, 0.1) is 0 Å². The Hall–Kier alpha value is -1.03. The number of benzene rings is 1. The number of nitrogens with zero attached hydrogens (tertiary/aromatic N) is 1. The molecular formula is C14H18BrNO2. The molecule has 1 aliphatic heterocycles. The zero-order valence-corrected chi connectivity index (χ0v) is 11.9. The number of carboxylic acids is 1. The predicted molar refractivity (Wildman–Crippen MR) is 76.0 cm³/mol. The second-order valence-electron chi connectivity index (χ2n) is 4.75. The van der Waals surface area contributed by atoms with Crippen LogP contribution < -0.4 is 4.90 Å². The Morgan fingerprint density at radius 2 is 2.06 bits per heavy atom. The van der Waals surface area contributed by atoms with E-state index in [1.807, 2.05) is 12.1 Å². The first-order valence-electron chi connectivity index (χ1n) is 6.41. The lowest BCUT2D eigenvalue weighted by Crippen LogP contribution is -2.39. The third-order valence-electron chi connectivity index (χ3n) is 3.48. The summed E-state index contributed by atoms with van der Waals surface area (Å²) in [6, 6.07) is 8.65. The molecular weight excluding hydrogens is 294 g/mol. The van der Waals surface area contributed by atoms with E-state index in [1.54, 1.807) is 0 Å². The van der Waals surface area contributed by atoms with Gasteiger partial charge in [-0.2, -0.15) is 0 Å². The van der Waals surface area contributed by atoms with Crippen molar-refractivity contribution < 1.29 is 9.90 Å². The quantitative estimate of drug-likeness (QED) is 0.922. The topological polar surface area (TPSA) is 40.5 Å². The highest BCUT2D eigenvalue weighted by Gasteiger charge is 2.23. The molecule has 0 spiro atoms. The fourth-order valence-electron chi connectivity index (χ4n) is 2.56. The van der Waals surface area contributed by atoms with E-state index in [9.17, 15) is 4.79 Å². The molecule has 18 heavy (non-hydrogen) atoms. The summed E-state index contributed by atoms with van der Waals surface area (Å²) in [5.41, 5.74) is 1.20. The van der Waals surface area contributed by atoms with Crippen molar-refractivity contribution in [1.82, 2.24) is 0 Å². The summed E-state index contributed by atoms with van der Waals surface area (Å²) >= 11 is 3.44. The molecule has 0 aromatic heterocycles. The summed E-state index contributed by atoms with van der Waals surface area (Å²) < 4.78 is 1.07. The number of piperidine rings is 1. The lowest BCUT2D eigenvalue weighted by atomic mass is 9.97. The van der Waals surface area contributed by atoms with E-state index in [2.05, 4.69) is 33.0 Å². The Balaban J connectivity index is 2.07. The third-order valence-corrected chi connectivity index (χ3v) is 4.01. The van der Waals surface area contributed by atoms with Gasteiger partial charge in [-0.1, -0.05) is 15.9 Å². The molecule has 1 unspecified atom stereocenters. The predicted octanol–water partition coefficient (Wildman–Crippen LogP) is 3.67. The maximum Gasteiger partial charge on any atom is 0.303 e. The third kappa shape index (κ3) is 3.48. The van der Waals surface area contributed by atoms with Crippen molar-refractivity contribution >= 4 is 27.6 Å². The summed E-state index contributed by atoms with van der Waals surface area (Å²) in [6.45, 7) is 1.03. The van der Waals surface area contributed by atoms with Gasteiger partial charge >= 0.3 is 5.97 Å². The molecule has 1 aromatic rings. The fraction of sp³-hybridized carbons (Fsp3) is 0.500. The van der Waals surface area contributed by atoms with Gasteiger partial charge in [0, 0.05) is 29.2 Å². The Morgan fingerprint density at radius 3 is 2.72 bits per heavy atom. The van der Waals surface area contributed by atoms with Crippen LogP contribution in [0.2, 0.25) is 0 Å². The van der Waals surface area contributed by atoms with Gasteiger partial charge < -0.3 is 10.0 Å². The molecule has 98 valence electrons. The standard InChI is InChI=1S/C14H18BrNO2/c15-11-4-6-13(7-5-11)16-10-2-1-3-12(16)8-9-14(17)18/h4-7,12H,1-3,8-10H2,(H,17,18). The molecule has 2 rings (SSSR count). The minimum absolute atomic E-state index is 0.262. The van der Waals surface area contributed by atoms with Crippen molar-refractivity contribution in [2.24, 2.45) is 0 Å². The summed E-state index contributed by atoms with van der Waals surface area (Å²) in [5.74, 6) is -0.698. The van der Waals surface area contributed by atoms with Crippen molar-refractivity contribution in [3.8, 4) is 0 Å². The molecule has 1 saturated heterocycles. The lowest BCUT2D eigenvalue weighted by Gasteiger charge is -2.37. The maximum atomic E-state index is 10.7. The van der Waals surface area contributed by atoms with Gasteiger partial charge in [-0.15, -0.1) is 0 Å². The molecule has 4 heteroatoms. The number of rotatable bonds is 4. The second kappa shape index (κ2) is 6.23. The number of hydrogen-bond donors (Lipinski definition) is 1. The summed E-state index contributed by atoms with van der Waals surface area (Å²) in [5, 5.41) is 8.81. The van der Waals surface area contributed by atoms with Crippen LogP contribution in [-0.2, 0) is 4.79 Å². The molecule has 1 heterocycles. The zero-order valence-electron chi connectivity index (χ0n) is 10.3. The number of carbonyl (C=O) groups is 1. The summed E-state index contributed by atoms with van der Waals surface area (Å²) in [6.07, 6.45) is 4.50. The summed E-state index contributed by atoms with van der Waals surface area (Å²) in [7, 11) is 0. The summed E-state index contributed by atoms with van der Waals surface area (Å²) in [4.78, 5) is 13.1. The van der Waals surface area contributed by atoms with Crippen LogP contribution in [-0.4, -0.2) is 23.7 Å². The molecule has 0 aliphatic carbocycles. The van der Waals surface area contributed by atoms with Crippen molar-refractivity contribution in [3.63, 3.8) is 0 Å². The van der Waals surface area contributed by atoms with Crippen molar-refractivity contribution in [1.29, 1.82) is 0 Å². The molecule has 1 aliphatic rings. The van der Waals surface area contributed by atoms with Gasteiger partial charge in [0.25, 0.3) is 0 Å². The molecule has 1 N–H and O–H groups in total. The molecule has 1 atom stereocenters. The Labute approximate surface area is 116 Å². The van der Waals surface area contributed by atoms with Crippen LogP contribution in [0.1, 0.15) is 32.1 Å². The van der Waals surface area contributed by atoms with Crippen LogP contribution >= 0.6 is 15.9 Å². The van der Waals surface area contributed by atoms with E-state index in [4.69, 9.17) is 5.11 Å². The first kappa shape index (κ1) is 13.4. The van der Waals surface area contributed by atoms with Crippen LogP contribution in [0.3, 0.4) is 0 Å². The molecule has 1 fully saturated rings. The van der Waals surface area contributed by atoms with Crippen LogP contribution in [0.5, 0.6) is 0 Å². The van der Waals surface area contributed by atoms with E-state index < -0.39 is 5.97 Å². The molecule has 3 nitrogen and oxygen atoms in total. The number of aliphatic carboxylic acids is 1. The van der Waals surface area contributed by atoms with Crippen molar-refractivity contribution in [2.45, 2.75) is 38.1 Å². The van der Waals surface area contributed by atoms with Gasteiger partial charge in [0.2, 0.25) is 0 Å². The molecule has 1 aromatic carbocycles. The molecule has 0 bridgehead atoms. The van der Waals surface area contributed by atoms with E-state index in [0.717, 1.165) is 23.9 Å². The minimum Gasteiger partial charge on any atom is -0.481 e. The van der Waals surface area contributed by atoms with Gasteiger partial charge in [0.05, 0.1) is 0 Å². The van der Waals surface area contributed by atoms with Crippen LogP contribution in [0.4, 0.5) is 5.69 Å². The number of anilines is 1. The molecule has 0 saturated carbocycles. The molecule has 0 radical (unpaired) electrons. The van der Waals surface area contributed by atoms with Crippen LogP contribution in [0.15, 0.2) is 28.7 Å². The van der Waals surface area contributed by atoms with E-state index in [0.29, 0.717) is 6.04 Å². The van der Waals surface area contributed by atoms with Crippen molar-refractivity contribution in [3.05, 3.63) is 28.7 Å². The first-order chi connectivity index (χ1) is 8.66. The monoisotopic (exact) mass is 311 g/mol. The van der Waals surface area contributed by atoms with Gasteiger partial charge in [-0.05, 0) is 49.9 Å². The highest BCUT2D eigenvalue weighted by atomic mass is 79.9. The zero-order chi connectivity index (χ0) is 13.0. The number of hydrogen-bond acceptors (Lipinski definition) is 2. The average molecular weight is 312 g/mol. The van der Waals surface area contributed by atoms with E-state index in [1.165, 1.54) is 18.5 Å². The average Bonchev–Trinajstić information content (AvgIpc) is 2.38. The van der Waals surface area contributed by atoms with Crippen molar-refractivity contribution in [2.75, 3.05) is 11.4 Å². The van der Waals surface area contributed by atoms with Gasteiger partial charge in [-0.25, -0.2) is 0 Å². The highest BCUT2D eigenvalue weighted by Crippen LogP contribution is 2.28. The van der Waals surface area contributed by atoms with Crippen LogP contribution in [0.25, 0.3) is 0 Å².